The summed E-state index contributed by atoms with van der Waals surface area (Å²) in [6.07, 6.45) is 0. The molecule has 0 N–H and O–H groups in total. The lowest BCUT2D eigenvalue weighted by Gasteiger charge is -2.14. The van der Waals surface area contributed by atoms with Crippen molar-refractivity contribution in [1.29, 1.82) is 0 Å². The molecule has 1 aliphatic rings. The Kier molecular flexibility index (Phi) is 2.52. The van der Waals surface area contributed by atoms with Crippen molar-refractivity contribution in [3.8, 4) is 0 Å². The first kappa shape index (κ1) is 10.2. The van der Waals surface area contributed by atoms with E-state index in [0.29, 0.717) is 5.75 Å². The highest BCUT2D eigenvalue weighted by molar-refractivity contribution is 8.00. The Morgan fingerprint density at radius 1 is 1.67 bits per heavy atom. The van der Waals surface area contributed by atoms with E-state index in [-0.39, 0.29) is 0 Å². The maximum absolute atomic E-state index is 13.3. The molecule has 1 heterocycles. The Labute approximate surface area is 90.4 Å². The van der Waals surface area contributed by atoms with E-state index in [1.165, 1.54) is 12.1 Å². The molecule has 2 rings (SSSR count). The van der Waals surface area contributed by atoms with Crippen molar-refractivity contribution in [2.24, 2.45) is 0 Å². The van der Waals surface area contributed by atoms with Gasteiger partial charge in [-0.15, -0.1) is 0 Å². The van der Waals surface area contributed by atoms with Gasteiger partial charge in [0.05, 0.1) is 10.6 Å². The van der Waals surface area contributed by atoms with Crippen molar-refractivity contribution in [3.05, 3.63) is 33.6 Å². The van der Waals surface area contributed by atoms with E-state index in [1.54, 1.807) is 11.9 Å². The van der Waals surface area contributed by atoms with Crippen LogP contribution in [0.25, 0.3) is 0 Å². The topological polar surface area (TPSA) is 46.4 Å². The van der Waals surface area contributed by atoms with Crippen LogP contribution in [0.4, 0.5) is 15.8 Å². The highest BCUT2D eigenvalue weighted by atomic mass is 32.2. The molecule has 0 saturated carbocycles. The summed E-state index contributed by atoms with van der Waals surface area (Å²) in [5.41, 5.74) is 1.15. The smallest absolute Gasteiger partial charge is 0.305 e. The molecule has 1 aromatic rings. The third-order valence-corrected chi connectivity index (χ3v) is 3.48. The summed E-state index contributed by atoms with van der Waals surface area (Å²) in [7, 11) is 0. The van der Waals surface area contributed by atoms with Crippen molar-refractivity contribution in [3.63, 3.8) is 0 Å². The molecule has 0 aliphatic carbocycles. The van der Waals surface area contributed by atoms with Crippen LogP contribution >= 0.6 is 11.9 Å². The van der Waals surface area contributed by atoms with Gasteiger partial charge < -0.3 is 4.31 Å². The minimum atomic E-state index is -0.764. The van der Waals surface area contributed by atoms with Crippen molar-refractivity contribution in [2.45, 2.75) is 12.7 Å². The molecule has 0 spiro atoms. The SMILES string of the molecule is CCN1SCc2cc([N+](=O)[O-])c(F)cc21. The van der Waals surface area contributed by atoms with E-state index < -0.39 is 16.4 Å². The number of nitro groups is 1. The Morgan fingerprint density at radius 2 is 2.40 bits per heavy atom. The lowest BCUT2D eigenvalue weighted by Crippen LogP contribution is -2.09. The van der Waals surface area contributed by atoms with Gasteiger partial charge in [0.25, 0.3) is 0 Å². The van der Waals surface area contributed by atoms with Gasteiger partial charge >= 0.3 is 5.69 Å². The summed E-state index contributed by atoms with van der Waals surface area (Å²) >= 11 is 1.54. The minimum Gasteiger partial charge on any atom is -0.316 e. The average Bonchev–Trinajstić information content (AvgIpc) is 2.58. The van der Waals surface area contributed by atoms with Crippen LogP contribution < -0.4 is 4.31 Å². The summed E-state index contributed by atoms with van der Waals surface area (Å²) in [4.78, 5) is 9.83. The molecule has 0 bridgehead atoms. The second-order valence-electron chi connectivity index (χ2n) is 3.16. The quantitative estimate of drug-likeness (QED) is 0.443. The van der Waals surface area contributed by atoms with E-state index in [0.717, 1.165) is 17.8 Å². The number of anilines is 1. The first-order valence-corrected chi connectivity index (χ1v) is 5.45. The molecule has 1 aliphatic heterocycles. The van der Waals surface area contributed by atoms with E-state index in [1.807, 2.05) is 11.2 Å². The molecule has 15 heavy (non-hydrogen) atoms. The number of nitro benzene ring substituents is 1. The summed E-state index contributed by atoms with van der Waals surface area (Å²) in [6, 6.07) is 2.57. The lowest BCUT2D eigenvalue weighted by molar-refractivity contribution is -0.387. The number of rotatable bonds is 2. The molecule has 6 heteroatoms. The number of hydrogen-bond donors (Lipinski definition) is 0. The third-order valence-electron chi connectivity index (χ3n) is 2.28. The van der Waals surface area contributed by atoms with Gasteiger partial charge in [-0.2, -0.15) is 4.39 Å². The zero-order valence-electron chi connectivity index (χ0n) is 8.07. The van der Waals surface area contributed by atoms with Gasteiger partial charge in [0.1, 0.15) is 0 Å². The van der Waals surface area contributed by atoms with Crippen molar-refractivity contribution < 1.29 is 9.31 Å². The summed E-state index contributed by atoms with van der Waals surface area (Å²) < 4.78 is 15.3. The fourth-order valence-electron chi connectivity index (χ4n) is 1.56. The van der Waals surface area contributed by atoms with Crippen LogP contribution in [0, 0.1) is 15.9 Å². The Bertz CT molecular complexity index is 425. The molecule has 0 radical (unpaired) electrons. The highest BCUT2D eigenvalue weighted by Crippen LogP contribution is 2.40. The van der Waals surface area contributed by atoms with Crippen LogP contribution in [0.1, 0.15) is 12.5 Å². The predicted molar refractivity (Wildman–Crippen MR) is 57.4 cm³/mol. The van der Waals surface area contributed by atoms with Crippen LogP contribution in [0.2, 0.25) is 0 Å². The molecular formula is C9H9FN2O2S. The molecular weight excluding hydrogens is 219 g/mol. The first-order chi connectivity index (χ1) is 7.13. The maximum atomic E-state index is 13.3. The Morgan fingerprint density at radius 3 is 3.00 bits per heavy atom. The molecule has 1 aromatic carbocycles. The molecule has 0 saturated heterocycles. The zero-order chi connectivity index (χ0) is 11.0. The number of hydrogen-bond acceptors (Lipinski definition) is 4. The number of halogens is 1. The summed E-state index contributed by atoms with van der Waals surface area (Å²) in [5.74, 6) is -0.0932. The van der Waals surface area contributed by atoms with Gasteiger partial charge in [-0.05, 0) is 24.4 Å². The van der Waals surface area contributed by atoms with Crippen LogP contribution in [0.15, 0.2) is 12.1 Å². The summed E-state index contributed by atoms with van der Waals surface area (Å²) in [6.45, 7) is 2.72. The normalized spacial score (nSPS) is 14.1. The highest BCUT2D eigenvalue weighted by Gasteiger charge is 2.25. The van der Waals surface area contributed by atoms with E-state index >= 15 is 0 Å². The number of benzene rings is 1. The standard InChI is InChI=1S/C9H9FN2O2S/c1-2-11-8-4-7(10)9(12(13)14)3-6(8)5-15-11/h3-4H,2,5H2,1H3. The molecule has 0 aromatic heterocycles. The molecule has 4 nitrogen and oxygen atoms in total. The van der Waals surface area contributed by atoms with Crippen LogP contribution in [0.3, 0.4) is 0 Å². The van der Waals surface area contributed by atoms with Crippen LogP contribution in [-0.2, 0) is 5.75 Å². The van der Waals surface area contributed by atoms with Crippen molar-refractivity contribution in [2.75, 3.05) is 10.8 Å². The third kappa shape index (κ3) is 1.65. The fraction of sp³-hybridized carbons (Fsp3) is 0.333. The number of fused-ring (bicyclic) bond motifs is 1. The average molecular weight is 228 g/mol. The minimum absolute atomic E-state index is 0.438. The number of nitrogens with zero attached hydrogens (tertiary/aromatic N) is 2. The van der Waals surface area contributed by atoms with Gasteiger partial charge in [-0.3, -0.25) is 10.1 Å². The van der Waals surface area contributed by atoms with Gasteiger partial charge in [-0.1, -0.05) is 0 Å². The second-order valence-corrected chi connectivity index (χ2v) is 4.15. The van der Waals surface area contributed by atoms with Crippen molar-refractivity contribution >= 4 is 23.3 Å². The monoisotopic (exact) mass is 228 g/mol. The molecule has 80 valence electrons. The molecule has 0 unspecified atom stereocenters. The van der Waals surface area contributed by atoms with Crippen LogP contribution in [-0.4, -0.2) is 11.5 Å². The molecule has 0 fully saturated rings. The second kappa shape index (κ2) is 3.69. The van der Waals surface area contributed by atoms with E-state index in [4.69, 9.17) is 0 Å². The Balaban J connectivity index is 2.49. The largest absolute Gasteiger partial charge is 0.316 e. The van der Waals surface area contributed by atoms with Gasteiger partial charge in [-0.25, -0.2) is 0 Å². The van der Waals surface area contributed by atoms with E-state index in [2.05, 4.69) is 0 Å². The van der Waals surface area contributed by atoms with Gasteiger partial charge in [0, 0.05) is 24.4 Å². The zero-order valence-corrected chi connectivity index (χ0v) is 8.88. The molecule has 0 amide bonds. The van der Waals surface area contributed by atoms with Crippen LogP contribution in [0.5, 0.6) is 0 Å². The Hall–Kier alpha value is -1.30. The summed E-state index contributed by atoms with van der Waals surface area (Å²) in [5, 5.41) is 10.5. The van der Waals surface area contributed by atoms with E-state index in [9.17, 15) is 14.5 Å². The molecule has 0 atom stereocenters. The lowest BCUT2D eigenvalue weighted by atomic mass is 10.1. The van der Waals surface area contributed by atoms with Crippen molar-refractivity contribution in [1.82, 2.24) is 0 Å². The fourth-order valence-corrected chi connectivity index (χ4v) is 2.58. The van der Waals surface area contributed by atoms with Gasteiger partial charge in [0.2, 0.25) is 5.82 Å². The van der Waals surface area contributed by atoms with Gasteiger partial charge in [0.15, 0.2) is 0 Å². The maximum Gasteiger partial charge on any atom is 0.305 e. The first-order valence-electron chi connectivity index (χ1n) is 4.50. The predicted octanol–water partition coefficient (Wildman–Crippen LogP) is 2.72.